The highest BCUT2D eigenvalue weighted by Crippen LogP contribution is 2.44. The Morgan fingerprint density at radius 1 is 0.887 bits per heavy atom. The number of carbonyl (C=O) groups is 3. The van der Waals surface area contributed by atoms with Gasteiger partial charge in [0.1, 0.15) is 11.6 Å². The second-order valence-corrected chi connectivity index (χ2v) is 15.5. The second kappa shape index (κ2) is 13.9. The average Bonchev–Trinajstić information content (AvgIpc) is 3.51. The molecule has 0 radical (unpaired) electrons. The topological polar surface area (TPSA) is 104 Å². The molecule has 270 valence electrons. The fraction of sp³-hybridized carbons (Fsp3) is 0.286. The summed E-state index contributed by atoms with van der Waals surface area (Å²) in [4.78, 5) is 50.9. The summed E-state index contributed by atoms with van der Waals surface area (Å²) in [6.07, 6.45) is 4.31. The van der Waals surface area contributed by atoms with Gasteiger partial charge in [0.05, 0.1) is 16.1 Å². The summed E-state index contributed by atoms with van der Waals surface area (Å²) < 4.78 is 20.3. The third-order valence-corrected chi connectivity index (χ3v) is 11.9. The van der Waals surface area contributed by atoms with Crippen LogP contribution in [0.3, 0.4) is 0 Å². The molecule has 5 heterocycles. The molecule has 0 bridgehead atoms. The Kier molecular flexibility index (Phi) is 9.08. The molecule has 2 saturated heterocycles. The van der Waals surface area contributed by atoms with Gasteiger partial charge in [-0.25, -0.2) is 9.37 Å². The molecule has 0 atom stereocenters. The number of hydrogen-bond donors (Lipinski definition) is 2. The predicted molar refractivity (Wildman–Crippen MR) is 207 cm³/mol. The van der Waals surface area contributed by atoms with Crippen LogP contribution < -0.4 is 20.4 Å². The number of para-hydroxylation sites is 1. The second-order valence-electron chi connectivity index (χ2n) is 14.4. The van der Waals surface area contributed by atoms with E-state index in [-0.39, 0.29) is 23.1 Å². The predicted octanol–water partition coefficient (Wildman–Crippen LogP) is 8.20. The van der Waals surface area contributed by atoms with Crippen molar-refractivity contribution in [1.29, 1.82) is 0 Å². The van der Waals surface area contributed by atoms with Gasteiger partial charge in [-0.1, -0.05) is 18.2 Å². The van der Waals surface area contributed by atoms with Crippen molar-refractivity contribution in [3.05, 3.63) is 123 Å². The first-order valence-corrected chi connectivity index (χ1v) is 18.7. The van der Waals surface area contributed by atoms with Crippen LogP contribution in [0.1, 0.15) is 65.5 Å². The van der Waals surface area contributed by atoms with Gasteiger partial charge < -0.3 is 25.2 Å². The van der Waals surface area contributed by atoms with E-state index >= 15 is 0 Å². The van der Waals surface area contributed by atoms with E-state index in [0.717, 1.165) is 72.0 Å². The van der Waals surface area contributed by atoms with E-state index in [9.17, 15) is 18.8 Å². The minimum Gasteiger partial charge on any atom is -0.381 e. The minimum atomic E-state index is -0.459. The zero-order valence-electron chi connectivity index (χ0n) is 29.9. The molecule has 0 saturated carbocycles. The maximum Gasteiger partial charge on any atom is 0.265 e. The lowest BCUT2D eigenvalue weighted by molar-refractivity contribution is -0.000511. The molecule has 3 aliphatic rings. The largest absolute Gasteiger partial charge is 0.381 e. The summed E-state index contributed by atoms with van der Waals surface area (Å²) in [5.41, 5.74) is 7.38. The van der Waals surface area contributed by atoms with Gasteiger partial charge >= 0.3 is 0 Å². The molecule has 2 aromatic heterocycles. The standard InChI is InChI=1S/C42H40FN5O4S/c1-25-19-33(38(44-22-25)47-23-42(24-47)14-17-52-18-15-42)39(49)45-31-10-7-28(8-11-31)41(51)48-16-13-29-20-35(40(50)46-36-26(2)5-4-6-27(36)3)53-37(29)32-12-9-30(43)21-34(32)48/h4-12,19-22H,13-18,23-24H2,1-3H3,(H,45,49)(H,46,50). The summed E-state index contributed by atoms with van der Waals surface area (Å²) in [6.45, 7) is 9.38. The molecule has 9 nitrogen and oxygen atoms in total. The van der Waals surface area contributed by atoms with E-state index in [4.69, 9.17) is 4.74 Å². The average molecular weight is 730 g/mol. The molecule has 53 heavy (non-hydrogen) atoms. The molecule has 3 amide bonds. The maximum atomic E-state index is 14.8. The van der Waals surface area contributed by atoms with Crippen molar-refractivity contribution in [2.75, 3.05) is 53.3 Å². The number of thiophene rings is 1. The molecule has 3 aliphatic heterocycles. The van der Waals surface area contributed by atoms with E-state index in [0.29, 0.717) is 51.7 Å². The number of nitrogens with zero attached hydrogens (tertiary/aromatic N) is 3. The Morgan fingerprint density at radius 2 is 1.62 bits per heavy atom. The van der Waals surface area contributed by atoms with Crippen LogP contribution in [-0.2, 0) is 11.2 Å². The van der Waals surface area contributed by atoms with Gasteiger partial charge in [-0.2, -0.15) is 0 Å². The van der Waals surface area contributed by atoms with Crippen LogP contribution in [0, 0.1) is 32.0 Å². The van der Waals surface area contributed by atoms with Crippen molar-refractivity contribution >= 4 is 51.9 Å². The summed E-state index contributed by atoms with van der Waals surface area (Å²) >= 11 is 1.34. The summed E-state index contributed by atoms with van der Waals surface area (Å²) in [5, 5.41) is 6.06. The highest BCUT2D eigenvalue weighted by Gasteiger charge is 2.45. The highest BCUT2D eigenvalue weighted by atomic mass is 32.1. The monoisotopic (exact) mass is 729 g/mol. The molecule has 2 fully saturated rings. The lowest BCUT2D eigenvalue weighted by Crippen LogP contribution is -2.59. The lowest BCUT2D eigenvalue weighted by atomic mass is 9.73. The fourth-order valence-electron chi connectivity index (χ4n) is 7.69. The molecule has 0 unspecified atom stereocenters. The van der Waals surface area contributed by atoms with E-state index in [1.54, 1.807) is 41.4 Å². The van der Waals surface area contributed by atoms with Crippen LogP contribution in [0.2, 0.25) is 0 Å². The quantitative estimate of drug-likeness (QED) is 0.183. The maximum absolute atomic E-state index is 14.8. The SMILES string of the molecule is Cc1cnc(N2CC3(CCOCC3)C2)c(C(=O)Nc2ccc(C(=O)N3CCc4cc(C(=O)Nc5c(C)cccc5C)sc4-c4ccc(F)cc43)cc2)c1. The minimum absolute atomic E-state index is 0.206. The lowest BCUT2D eigenvalue weighted by Gasteiger charge is -2.53. The van der Waals surface area contributed by atoms with Gasteiger partial charge in [0.2, 0.25) is 0 Å². The van der Waals surface area contributed by atoms with Crippen molar-refractivity contribution in [3.8, 4) is 10.4 Å². The summed E-state index contributed by atoms with van der Waals surface area (Å²) in [7, 11) is 0. The van der Waals surface area contributed by atoms with Gasteiger partial charge in [0, 0.05) is 71.8 Å². The third kappa shape index (κ3) is 6.71. The normalized spacial score (nSPS) is 15.9. The number of fused-ring (bicyclic) bond motifs is 3. The van der Waals surface area contributed by atoms with E-state index in [1.165, 1.54) is 23.5 Å². The number of nitrogens with one attached hydrogen (secondary N) is 2. The molecular formula is C42H40FN5O4S. The zero-order valence-corrected chi connectivity index (χ0v) is 30.7. The number of benzene rings is 3. The number of pyridine rings is 1. The van der Waals surface area contributed by atoms with Crippen LogP contribution in [0.25, 0.3) is 10.4 Å². The van der Waals surface area contributed by atoms with Gasteiger partial charge in [-0.15, -0.1) is 11.3 Å². The smallest absolute Gasteiger partial charge is 0.265 e. The summed E-state index contributed by atoms with van der Waals surface area (Å²) in [6, 6.07) is 20.8. The molecule has 1 spiro atoms. The van der Waals surface area contributed by atoms with Crippen molar-refractivity contribution < 1.29 is 23.5 Å². The number of aryl methyl sites for hydroxylation is 3. The number of carbonyl (C=O) groups excluding carboxylic acids is 3. The zero-order chi connectivity index (χ0) is 36.9. The molecule has 0 aliphatic carbocycles. The number of aromatic nitrogens is 1. The highest BCUT2D eigenvalue weighted by molar-refractivity contribution is 7.17. The number of ether oxygens (including phenoxy) is 1. The van der Waals surface area contributed by atoms with Crippen LogP contribution in [0.5, 0.6) is 0 Å². The number of rotatable bonds is 6. The molecule has 8 rings (SSSR count). The molecule has 2 N–H and O–H groups in total. The summed E-state index contributed by atoms with van der Waals surface area (Å²) in [5.74, 6) is -0.551. The third-order valence-electron chi connectivity index (χ3n) is 10.6. The Morgan fingerprint density at radius 3 is 2.36 bits per heavy atom. The van der Waals surface area contributed by atoms with E-state index < -0.39 is 5.82 Å². The molecular weight excluding hydrogens is 690 g/mol. The van der Waals surface area contributed by atoms with Crippen molar-refractivity contribution in [2.45, 2.75) is 40.0 Å². The molecule has 5 aromatic rings. The van der Waals surface area contributed by atoms with Gasteiger partial charge in [-0.05, 0) is 117 Å². The molecule has 3 aromatic carbocycles. The number of amides is 3. The van der Waals surface area contributed by atoms with Crippen LogP contribution in [0.4, 0.5) is 27.3 Å². The number of anilines is 4. The van der Waals surface area contributed by atoms with E-state index in [2.05, 4.69) is 20.5 Å². The molecule has 11 heteroatoms. The van der Waals surface area contributed by atoms with Crippen LogP contribution in [0.15, 0.2) is 79.0 Å². The Bertz CT molecular complexity index is 2230. The Hall–Kier alpha value is -5.39. The fourth-order valence-corrected chi connectivity index (χ4v) is 8.83. The Labute approximate surface area is 311 Å². The Balaban J connectivity index is 0.991. The first-order chi connectivity index (χ1) is 25.6. The number of hydrogen-bond acceptors (Lipinski definition) is 7. The van der Waals surface area contributed by atoms with Gasteiger partial charge in [0.15, 0.2) is 0 Å². The van der Waals surface area contributed by atoms with Gasteiger partial charge in [-0.3, -0.25) is 14.4 Å². The number of halogens is 1. The van der Waals surface area contributed by atoms with Crippen LogP contribution in [-0.4, -0.2) is 55.6 Å². The van der Waals surface area contributed by atoms with Crippen molar-refractivity contribution in [2.24, 2.45) is 5.41 Å². The van der Waals surface area contributed by atoms with Crippen molar-refractivity contribution in [3.63, 3.8) is 0 Å². The first kappa shape index (κ1) is 34.7. The van der Waals surface area contributed by atoms with Crippen molar-refractivity contribution in [1.82, 2.24) is 4.98 Å². The van der Waals surface area contributed by atoms with E-state index in [1.807, 2.05) is 51.1 Å². The van der Waals surface area contributed by atoms with Gasteiger partial charge in [0.25, 0.3) is 17.7 Å². The first-order valence-electron chi connectivity index (χ1n) is 17.9. The van der Waals surface area contributed by atoms with Crippen LogP contribution >= 0.6 is 11.3 Å².